The molecule has 1 atom stereocenters. The van der Waals surface area contributed by atoms with Crippen LogP contribution in [0.2, 0.25) is 0 Å². The molecule has 0 spiro atoms. The Hall–Kier alpha value is -0.740. The second-order valence-electron chi connectivity index (χ2n) is 4.33. The Kier molecular flexibility index (Phi) is 2.56. The molecule has 3 nitrogen and oxygen atoms in total. The number of hydrogen-bond acceptors (Lipinski definition) is 3. The van der Waals surface area contributed by atoms with Crippen LogP contribution in [0.4, 0.5) is 0 Å². The molecule has 2 aliphatic rings. The van der Waals surface area contributed by atoms with Crippen LogP contribution in [0.5, 0.6) is 11.5 Å². The maximum atomic E-state index is 5.71. The van der Waals surface area contributed by atoms with Crippen molar-refractivity contribution in [1.82, 2.24) is 5.32 Å². The van der Waals surface area contributed by atoms with Crippen LogP contribution in [-0.2, 0) is 0 Å². The molecule has 1 N–H and O–H groups in total. The third-order valence-corrected chi connectivity index (χ3v) is 3.65. The predicted molar refractivity (Wildman–Crippen MR) is 65.1 cm³/mol. The van der Waals surface area contributed by atoms with E-state index in [1.165, 1.54) is 18.4 Å². The van der Waals surface area contributed by atoms with Gasteiger partial charge in [0.1, 0.15) is 18.1 Å². The highest BCUT2D eigenvalue weighted by molar-refractivity contribution is 9.10. The number of benzene rings is 1. The van der Waals surface area contributed by atoms with Crippen molar-refractivity contribution in [3.63, 3.8) is 0 Å². The molecule has 0 bridgehead atoms. The minimum Gasteiger partial charge on any atom is -0.497 e. The van der Waals surface area contributed by atoms with Crippen LogP contribution in [0, 0.1) is 0 Å². The van der Waals surface area contributed by atoms with Gasteiger partial charge in [0.2, 0.25) is 0 Å². The van der Waals surface area contributed by atoms with Gasteiger partial charge in [-0.1, -0.05) is 0 Å². The van der Waals surface area contributed by atoms with Gasteiger partial charge in [0.15, 0.2) is 0 Å². The van der Waals surface area contributed by atoms with Crippen molar-refractivity contribution < 1.29 is 9.47 Å². The summed E-state index contributed by atoms with van der Waals surface area (Å²) in [5.74, 6) is 1.83. The van der Waals surface area contributed by atoms with Crippen LogP contribution in [0.25, 0.3) is 0 Å². The average molecular weight is 284 g/mol. The molecule has 1 heterocycles. The molecule has 1 aliphatic carbocycles. The SMILES string of the molecule is COc1cc(Br)c2c(c1)C(NC1CC1)CO2. The predicted octanol–water partition coefficient (Wildman–Crippen LogP) is 2.64. The van der Waals surface area contributed by atoms with E-state index >= 15 is 0 Å². The minimum absolute atomic E-state index is 0.314. The second kappa shape index (κ2) is 3.93. The third-order valence-electron chi connectivity index (χ3n) is 3.07. The molecule has 86 valence electrons. The van der Waals surface area contributed by atoms with Crippen molar-refractivity contribution in [2.75, 3.05) is 13.7 Å². The van der Waals surface area contributed by atoms with E-state index in [-0.39, 0.29) is 0 Å². The highest BCUT2D eigenvalue weighted by atomic mass is 79.9. The first-order chi connectivity index (χ1) is 7.78. The Balaban J connectivity index is 1.92. The van der Waals surface area contributed by atoms with Gasteiger partial charge in [-0.3, -0.25) is 0 Å². The fourth-order valence-electron chi connectivity index (χ4n) is 2.05. The summed E-state index contributed by atoms with van der Waals surface area (Å²) in [4.78, 5) is 0. The van der Waals surface area contributed by atoms with Crippen molar-refractivity contribution in [3.8, 4) is 11.5 Å². The lowest BCUT2D eigenvalue weighted by atomic mass is 10.1. The number of fused-ring (bicyclic) bond motifs is 1. The summed E-state index contributed by atoms with van der Waals surface area (Å²) >= 11 is 3.52. The van der Waals surface area contributed by atoms with Gasteiger partial charge >= 0.3 is 0 Å². The smallest absolute Gasteiger partial charge is 0.138 e. The molecule has 16 heavy (non-hydrogen) atoms. The normalized spacial score (nSPS) is 22.8. The lowest BCUT2D eigenvalue weighted by Crippen LogP contribution is -2.24. The number of hydrogen-bond donors (Lipinski definition) is 1. The Bertz CT molecular complexity index is 418. The Labute approximate surface area is 103 Å². The Morgan fingerprint density at radius 1 is 1.44 bits per heavy atom. The molecule has 1 aromatic rings. The van der Waals surface area contributed by atoms with Crippen LogP contribution < -0.4 is 14.8 Å². The van der Waals surface area contributed by atoms with Gasteiger partial charge < -0.3 is 14.8 Å². The molecule has 0 saturated heterocycles. The van der Waals surface area contributed by atoms with Crippen molar-refractivity contribution in [2.24, 2.45) is 0 Å². The molecule has 3 rings (SSSR count). The van der Waals surface area contributed by atoms with Gasteiger partial charge in [-0.05, 0) is 40.9 Å². The zero-order valence-corrected chi connectivity index (χ0v) is 10.7. The van der Waals surface area contributed by atoms with Gasteiger partial charge in [0, 0.05) is 11.6 Å². The number of nitrogens with one attached hydrogen (secondary N) is 1. The van der Waals surface area contributed by atoms with Crippen LogP contribution in [-0.4, -0.2) is 19.8 Å². The minimum atomic E-state index is 0.314. The van der Waals surface area contributed by atoms with E-state index in [0.29, 0.717) is 12.1 Å². The zero-order valence-electron chi connectivity index (χ0n) is 9.13. The van der Waals surface area contributed by atoms with Crippen LogP contribution >= 0.6 is 15.9 Å². The van der Waals surface area contributed by atoms with E-state index in [1.807, 2.05) is 6.07 Å². The fourth-order valence-corrected chi connectivity index (χ4v) is 2.62. The molecule has 1 saturated carbocycles. The van der Waals surface area contributed by atoms with Crippen LogP contribution in [0.3, 0.4) is 0 Å². The van der Waals surface area contributed by atoms with E-state index in [2.05, 4.69) is 27.3 Å². The average Bonchev–Trinajstić information content (AvgIpc) is 3.00. The summed E-state index contributed by atoms with van der Waals surface area (Å²) < 4.78 is 12.0. The van der Waals surface area contributed by atoms with Gasteiger partial charge in [0.25, 0.3) is 0 Å². The zero-order chi connectivity index (χ0) is 11.1. The Morgan fingerprint density at radius 2 is 2.25 bits per heavy atom. The van der Waals surface area contributed by atoms with Gasteiger partial charge in [0.05, 0.1) is 17.6 Å². The maximum absolute atomic E-state index is 5.71. The summed E-state index contributed by atoms with van der Waals surface area (Å²) in [5.41, 5.74) is 1.21. The van der Waals surface area contributed by atoms with E-state index in [9.17, 15) is 0 Å². The number of rotatable bonds is 3. The van der Waals surface area contributed by atoms with Crippen LogP contribution in [0.15, 0.2) is 16.6 Å². The van der Waals surface area contributed by atoms with E-state index in [0.717, 1.165) is 22.6 Å². The second-order valence-corrected chi connectivity index (χ2v) is 5.19. The van der Waals surface area contributed by atoms with Gasteiger partial charge in [-0.2, -0.15) is 0 Å². The van der Waals surface area contributed by atoms with Crippen molar-refractivity contribution in [1.29, 1.82) is 0 Å². The number of halogens is 1. The standard InChI is InChI=1S/C12H14BrNO2/c1-15-8-4-9-11(14-7-2-3-7)6-16-12(9)10(13)5-8/h4-5,7,11,14H,2-3,6H2,1H3. The van der Waals surface area contributed by atoms with Crippen LogP contribution in [0.1, 0.15) is 24.4 Å². The highest BCUT2D eigenvalue weighted by Gasteiger charge is 2.32. The summed E-state index contributed by atoms with van der Waals surface area (Å²) in [5, 5.41) is 3.59. The van der Waals surface area contributed by atoms with Gasteiger partial charge in [-0.15, -0.1) is 0 Å². The molecule has 1 aromatic carbocycles. The largest absolute Gasteiger partial charge is 0.497 e. The van der Waals surface area contributed by atoms with Crippen molar-refractivity contribution in [3.05, 3.63) is 22.2 Å². The fraction of sp³-hybridized carbons (Fsp3) is 0.500. The first kappa shape index (κ1) is 10.4. The quantitative estimate of drug-likeness (QED) is 0.925. The molecular formula is C12H14BrNO2. The lowest BCUT2D eigenvalue weighted by molar-refractivity contribution is 0.309. The topological polar surface area (TPSA) is 30.5 Å². The summed E-state index contributed by atoms with van der Waals surface area (Å²) in [6.07, 6.45) is 2.58. The highest BCUT2D eigenvalue weighted by Crippen LogP contribution is 2.42. The van der Waals surface area contributed by atoms with E-state index < -0.39 is 0 Å². The first-order valence-electron chi connectivity index (χ1n) is 5.54. The summed E-state index contributed by atoms with van der Waals surface area (Å²) in [7, 11) is 1.69. The molecule has 4 heteroatoms. The molecule has 0 amide bonds. The molecule has 0 aromatic heterocycles. The summed E-state index contributed by atoms with van der Waals surface area (Å²) in [6, 6.07) is 5.00. The van der Waals surface area contributed by atoms with E-state index in [4.69, 9.17) is 9.47 Å². The van der Waals surface area contributed by atoms with Crippen molar-refractivity contribution in [2.45, 2.75) is 24.9 Å². The Morgan fingerprint density at radius 3 is 2.94 bits per heavy atom. The molecule has 0 radical (unpaired) electrons. The maximum Gasteiger partial charge on any atom is 0.138 e. The monoisotopic (exact) mass is 283 g/mol. The molecular weight excluding hydrogens is 270 g/mol. The number of methoxy groups -OCH3 is 1. The molecule has 1 fully saturated rings. The summed E-state index contributed by atoms with van der Waals surface area (Å²) in [6.45, 7) is 0.720. The van der Waals surface area contributed by atoms with Gasteiger partial charge in [-0.25, -0.2) is 0 Å². The lowest BCUT2D eigenvalue weighted by Gasteiger charge is -2.11. The number of ether oxygens (including phenoxy) is 2. The molecule has 1 aliphatic heterocycles. The molecule has 1 unspecified atom stereocenters. The van der Waals surface area contributed by atoms with Crippen molar-refractivity contribution >= 4 is 15.9 Å². The van der Waals surface area contributed by atoms with E-state index in [1.54, 1.807) is 7.11 Å². The first-order valence-corrected chi connectivity index (χ1v) is 6.33. The third kappa shape index (κ3) is 1.80.